The molecule has 0 amide bonds. The molecule has 2 aromatic heterocycles. The number of benzene rings is 4. The minimum atomic E-state index is -0.297. The van der Waals surface area contributed by atoms with Crippen LogP contribution in [0.3, 0.4) is 0 Å². The van der Waals surface area contributed by atoms with Crippen molar-refractivity contribution in [3.05, 3.63) is 107 Å². The Kier molecular flexibility index (Phi) is 5.32. The van der Waals surface area contributed by atoms with Gasteiger partial charge >= 0.3 is 0 Å². The van der Waals surface area contributed by atoms with E-state index in [0.29, 0.717) is 10.7 Å². The number of halogens is 2. The molecule has 0 atom stereocenters. The van der Waals surface area contributed by atoms with Gasteiger partial charge in [0.05, 0.1) is 18.8 Å². The second-order valence-corrected chi connectivity index (χ2v) is 12.0. The van der Waals surface area contributed by atoms with Crippen LogP contribution in [0, 0.1) is 34.5 Å². The molecule has 0 aliphatic heterocycles. The lowest BCUT2D eigenvalue weighted by atomic mass is 10.0. The molecule has 0 aliphatic rings. The van der Waals surface area contributed by atoms with E-state index >= 15 is 0 Å². The fourth-order valence-corrected chi connectivity index (χ4v) is 8.82. The van der Waals surface area contributed by atoms with Crippen molar-refractivity contribution in [3.63, 3.8) is 0 Å². The smallest absolute Gasteiger partial charge is 0.206 e. The Morgan fingerprint density at radius 1 is 0.476 bits per heavy atom. The first-order valence-electron chi connectivity index (χ1n) is 12.9. The molecule has 0 spiro atoms. The van der Waals surface area contributed by atoms with Gasteiger partial charge in [-0.25, -0.2) is 8.78 Å². The van der Waals surface area contributed by atoms with E-state index in [4.69, 9.17) is 0 Å². The van der Waals surface area contributed by atoms with Gasteiger partial charge in [0.15, 0.2) is 0 Å². The summed E-state index contributed by atoms with van der Waals surface area (Å²) in [5, 5.41) is 26.2. The summed E-state index contributed by atoms with van der Waals surface area (Å²) in [6.45, 7) is 0. The molecule has 0 saturated carbocycles. The van der Waals surface area contributed by atoms with Crippen molar-refractivity contribution in [2.24, 2.45) is 9.98 Å². The summed E-state index contributed by atoms with van der Waals surface area (Å²) < 4.78 is 31.1. The van der Waals surface area contributed by atoms with Crippen LogP contribution in [0.5, 0.6) is 0 Å². The van der Waals surface area contributed by atoms with Crippen LogP contribution in [-0.4, -0.2) is 0 Å². The standard InChI is InChI=1S/C34H14F2N4S2/c35-21-7-1-17(2-8-21)19-5-11-23-25(13-19)29(39-15-37)31-27(23)33-34(41-31)28-24-12-6-20(18-3-9-22(36)10-4-18)14-26(24)30(40-16-38)32(28)42-33/h1-14H. The van der Waals surface area contributed by atoms with Crippen LogP contribution in [0.1, 0.15) is 0 Å². The lowest BCUT2D eigenvalue weighted by Gasteiger charge is -2.03. The molecule has 196 valence electrons. The van der Waals surface area contributed by atoms with Crippen molar-refractivity contribution in [2.75, 3.05) is 0 Å². The second kappa shape index (κ2) is 9.12. The SMILES string of the molecule is N#CN=c1c2cc(-c3ccc(F)cc3)ccc2c2c1sc1c2sc2c(=NC#N)c3cc(-c4ccc(F)cc4)ccc3c21. The third-order valence-corrected chi connectivity index (χ3v) is 10.3. The molecule has 0 radical (unpaired) electrons. The fourth-order valence-electron chi connectivity index (χ4n) is 5.88. The molecule has 8 aromatic rings. The number of nitrogens with zero attached hydrogens (tertiary/aromatic N) is 4. The quantitative estimate of drug-likeness (QED) is 0.192. The van der Waals surface area contributed by atoms with E-state index in [0.717, 1.165) is 73.4 Å². The van der Waals surface area contributed by atoms with Gasteiger partial charge in [0.1, 0.15) is 22.3 Å². The Balaban J connectivity index is 1.43. The summed E-state index contributed by atoms with van der Waals surface area (Å²) in [4.78, 5) is 8.49. The Bertz CT molecular complexity index is 2420. The number of fused-ring (bicyclic) bond motifs is 9. The van der Waals surface area contributed by atoms with E-state index in [1.165, 1.54) is 24.3 Å². The highest BCUT2D eigenvalue weighted by atomic mass is 32.1. The van der Waals surface area contributed by atoms with Crippen LogP contribution in [0.25, 0.3) is 73.4 Å². The first-order valence-corrected chi connectivity index (χ1v) is 14.5. The largest absolute Gasteiger partial charge is 0.207 e. The summed E-state index contributed by atoms with van der Waals surface area (Å²) in [6, 6.07) is 24.8. The van der Waals surface area contributed by atoms with E-state index in [1.54, 1.807) is 46.9 Å². The van der Waals surface area contributed by atoms with E-state index in [9.17, 15) is 19.3 Å². The van der Waals surface area contributed by atoms with Gasteiger partial charge in [0, 0.05) is 21.5 Å². The van der Waals surface area contributed by atoms with Crippen LogP contribution in [0.4, 0.5) is 8.78 Å². The van der Waals surface area contributed by atoms with E-state index in [-0.39, 0.29) is 11.6 Å². The van der Waals surface area contributed by atoms with Crippen LogP contribution >= 0.6 is 22.7 Å². The Morgan fingerprint density at radius 2 is 0.857 bits per heavy atom. The van der Waals surface area contributed by atoms with E-state index in [1.807, 2.05) is 48.8 Å². The van der Waals surface area contributed by atoms with Gasteiger partial charge < -0.3 is 0 Å². The molecule has 0 bridgehead atoms. The molecule has 0 aliphatic carbocycles. The molecule has 42 heavy (non-hydrogen) atoms. The molecular formula is C34H14F2N4S2. The molecule has 8 heteroatoms. The zero-order chi connectivity index (χ0) is 28.5. The molecule has 2 heterocycles. The van der Waals surface area contributed by atoms with Crippen molar-refractivity contribution >= 4 is 73.8 Å². The molecule has 0 fully saturated rings. The minimum absolute atomic E-state index is 0.297. The zero-order valence-corrected chi connectivity index (χ0v) is 23.1. The van der Waals surface area contributed by atoms with Crippen molar-refractivity contribution in [1.29, 1.82) is 10.5 Å². The summed E-state index contributed by atoms with van der Waals surface area (Å²) >= 11 is 3.18. The van der Waals surface area contributed by atoms with E-state index in [2.05, 4.69) is 9.98 Å². The maximum atomic E-state index is 13.5. The van der Waals surface area contributed by atoms with E-state index < -0.39 is 0 Å². The van der Waals surface area contributed by atoms with Gasteiger partial charge in [-0.15, -0.1) is 22.7 Å². The number of nitriles is 2. The molecule has 8 rings (SSSR count). The number of hydrogen-bond donors (Lipinski definition) is 0. The molecule has 0 unspecified atom stereocenters. The maximum absolute atomic E-state index is 13.5. The summed E-state index contributed by atoms with van der Waals surface area (Å²) in [5.41, 5.74) is 3.57. The third kappa shape index (κ3) is 3.47. The second-order valence-electron chi connectivity index (χ2n) is 9.93. The topological polar surface area (TPSA) is 72.3 Å². The third-order valence-electron chi connectivity index (χ3n) is 7.72. The molecule has 6 aromatic carbocycles. The molecule has 0 N–H and O–H groups in total. The van der Waals surface area contributed by atoms with Crippen LogP contribution < -0.4 is 10.7 Å². The fraction of sp³-hybridized carbons (Fsp3) is 0. The Labute approximate surface area is 244 Å². The van der Waals surface area contributed by atoms with Gasteiger partial charge in [0.2, 0.25) is 12.4 Å². The number of hydrogen-bond acceptors (Lipinski definition) is 6. The Morgan fingerprint density at radius 3 is 1.24 bits per heavy atom. The van der Waals surface area contributed by atoms with Crippen LogP contribution in [0.15, 0.2) is 94.9 Å². The van der Waals surface area contributed by atoms with Gasteiger partial charge in [-0.05, 0) is 69.4 Å². The van der Waals surface area contributed by atoms with Crippen molar-refractivity contribution in [2.45, 2.75) is 0 Å². The first kappa shape index (κ1) is 24.5. The highest BCUT2D eigenvalue weighted by Gasteiger charge is 2.23. The zero-order valence-electron chi connectivity index (χ0n) is 21.4. The summed E-state index contributed by atoms with van der Waals surface area (Å²) in [7, 11) is 0. The lowest BCUT2D eigenvalue weighted by molar-refractivity contribution is 0.627. The van der Waals surface area contributed by atoms with Crippen LogP contribution in [0.2, 0.25) is 0 Å². The van der Waals surface area contributed by atoms with Crippen LogP contribution in [-0.2, 0) is 0 Å². The van der Waals surface area contributed by atoms with Crippen molar-refractivity contribution in [1.82, 2.24) is 0 Å². The molecular weight excluding hydrogens is 567 g/mol. The van der Waals surface area contributed by atoms with Gasteiger partial charge in [-0.1, -0.05) is 48.5 Å². The number of thiophene rings is 2. The van der Waals surface area contributed by atoms with Gasteiger partial charge in [-0.3, -0.25) is 0 Å². The highest BCUT2D eigenvalue weighted by molar-refractivity contribution is 7.37. The number of rotatable bonds is 2. The monoisotopic (exact) mass is 580 g/mol. The predicted molar refractivity (Wildman–Crippen MR) is 165 cm³/mol. The minimum Gasteiger partial charge on any atom is -0.207 e. The predicted octanol–water partition coefficient (Wildman–Crippen LogP) is 8.83. The average molecular weight is 581 g/mol. The van der Waals surface area contributed by atoms with Crippen molar-refractivity contribution < 1.29 is 8.78 Å². The summed E-state index contributed by atoms with van der Waals surface area (Å²) in [6.07, 6.45) is 3.96. The Hall–Kier alpha value is -5.28. The highest BCUT2D eigenvalue weighted by Crippen LogP contribution is 2.48. The average Bonchev–Trinajstić information content (AvgIpc) is 3.71. The van der Waals surface area contributed by atoms with Crippen molar-refractivity contribution in [3.8, 4) is 34.6 Å². The lowest BCUT2D eigenvalue weighted by Crippen LogP contribution is -1.96. The first-order chi connectivity index (χ1) is 20.6. The molecule has 0 saturated heterocycles. The van der Waals surface area contributed by atoms with Gasteiger partial charge in [0.25, 0.3) is 0 Å². The maximum Gasteiger partial charge on any atom is 0.206 e. The van der Waals surface area contributed by atoms with Gasteiger partial charge in [-0.2, -0.15) is 20.5 Å². The normalized spacial score (nSPS) is 12.8. The summed E-state index contributed by atoms with van der Waals surface area (Å²) in [5.74, 6) is -0.593. The molecule has 4 nitrogen and oxygen atoms in total.